The van der Waals surface area contributed by atoms with Crippen molar-refractivity contribution >= 4 is 0 Å². The lowest BCUT2D eigenvalue weighted by Crippen LogP contribution is -2.23. The molecule has 0 fully saturated rings. The first-order valence-corrected chi connectivity index (χ1v) is 5.29. The van der Waals surface area contributed by atoms with Crippen LogP contribution in [-0.2, 0) is 6.18 Å². The lowest BCUT2D eigenvalue weighted by molar-refractivity contribution is -0.141. The maximum Gasteiger partial charge on any atom is 0.433 e. The highest BCUT2D eigenvalue weighted by atomic mass is 19.4. The first-order chi connectivity index (χ1) is 9.74. The van der Waals surface area contributed by atoms with Gasteiger partial charge in [0.05, 0.1) is 11.3 Å². The average molecular weight is 317 g/mol. The van der Waals surface area contributed by atoms with Gasteiger partial charge in [-0.25, -0.2) is 13.8 Å². The number of halogens is 5. The Balaban J connectivity index is 0.00000242. The molecule has 9 heteroatoms. The van der Waals surface area contributed by atoms with E-state index in [1.807, 2.05) is 0 Å². The average Bonchev–Trinajstić information content (AvgIpc) is 2.40. The van der Waals surface area contributed by atoms with Crippen molar-refractivity contribution in [1.29, 1.82) is 5.26 Å². The van der Waals surface area contributed by atoms with Gasteiger partial charge in [0.15, 0.2) is 5.69 Å². The molecule has 0 radical (unpaired) electrons. The maximum atomic E-state index is 13.7. The van der Waals surface area contributed by atoms with Crippen LogP contribution in [0.2, 0.25) is 0 Å². The lowest BCUT2D eigenvalue weighted by atomic mass is 10.2. The normalized spacial score (nSPS) is 10.7. The lowest BCUT2D eigenvalue weighted by Gasteiger charge is -2.09. The standard InChI is InChI=1S/C12H4F5N3O.CH4/c13-7-2-9(8(14)1-6(7)4-18)20-5-19-10(3-11(20)21)12(15,16)17;/h1-3,5H;1H4. The Hall–Kier alpha value is -2.76. The van der Waals surface area contributed by atoms with Crippen LogP contribution < -0.4 is 5.56 Å². The second-order valence-corrected chi connectivity index (χ2v) is 3.88. The van der Waals surface area contributed by atoms with Gasteiger partial charge in [-0.05, 0) is 6.07 Å². The summed E-state index contributed by atoms with van der Waals surface area (Å²) in [6.45, 7) is 0. The molecule has 0 spiro atoms. The van der Waals surface area contributed by atoms with E-state index >= 15 is 0 Å². The molecular weight excluding hydrogens is 309 g/mol. The number of hydrogen-bond acceptors (Lipinski definition) is 3. The van der Waals surface area contributed by atoms with Crippen molar-refractivity contribution in [3.63, 3.8) is 0 Å². The molecule has 1 aromatic carbocycles. The number of nitriles is 1. The first-order valence-electron chi connectivity index (χ1n) is 5.29. The van der Waals surface area contributed by atoms with Gasteiger partial charge in [-0.1, -0.05) is 7.43 Å². The molecule has 2 rings (SSSR count). The molecular formula is C13H8F5N3O. The largest absolute Gasteiger partial charge is 0.433 e. The van der Waals surface area contributed by atoms with Crippen LogP contribution in [0.15, 0.2) is 29.3 Å². The van der Waals surface area contributed by atoms with Crippen LogP contribution in [0.5, 0.6) is 0 Å². The van der Waals surface area contributed by atoms with Crippen molar-refractivity contribution in [3.8, 4) is 11.8 Å². The predicted molar refractivity (Wildman–Crippen MR) is 66.2 cm³/mol. The molecule has 2 aromatic rings. The van der Waals surface area contributed by atoms with Gasteiger partial charge in [-0.3, -0.25) is 9.36 Å². The summed E-state index contributed by atoms with van der Waals surface area (Å²) >= 11 is 0. The highest BCUT2D eigenvalue weighted by Gasteiger charge is 2.33. The molecule has 0 N–H and O–H groups in total. The highest BCUT2D eigenvalue weighted by Crippen LogP contribution is 2.26. The Kier molecular flexibility index (Phi) is 4.66. The predicted octanol–water partition coefficient (Wildman–Crippen LogP) is 3.04. The second kappa shape index (κ2) is 5.93. The van der Waals surface area contributed by atoms with Crippen LogP contribution in [0.1, 0.15) is 18.7 Å². The Morgan fingerprint density at radius 3 is 2.27 bits per heavy atom. The van der Waals surface area contributed by atoms with E-state index in [2.05, 4.69) is 4.98 Å². The Morgan fingerprint density at radius 1 is 1.14 bits per heavy atom. The third-order valence-electron chi connectivity index (χ3n) is 2.52. The molecule has 4 nitrogen and oxygen atoms in total. The van der Waals surface area contributed by atoms with Crippen molar-refractivity contribution in [2.45, 2.75) is 13.6 Å². The van der Waals surface area contributed by atoms with Crippen molar-refractivity contribution < 1.29 is 22.0 Å². The van der Waals surface area contributed by atoms with Crippen LogP contribution in [0.25, 0.3) is 5.69 Å². The molecule has 22 heavy (non-hydrogen) atoms. The highest BCUT2D eigenvalue weighted by molar-refractivity contribution is 5.42. The molecule has 116 valence electrons. The number of rotatable bonds is 1. The zero-order valence-electron chi connectivity index (χ0n) is 9.95. The van der Waals surface area contributed by atoms with Gasteiger partial charge >= 0.3 is 6.18 Å². The van der Waals surface area contributed by atoms with Gasteiger partial charge < -0.3 is 0 Å². The number of hydrogen-bond donors (Lipinski definition) is 0. The Morgan fingerprint density at radius 2 is 1.77 bits per heavy atom. The van der Waals surface area contributed by atoms with E-state index in [0.717, 1.165) is 0 Å². The molecule has 0 aliphatic heterocycles. The first kappa shape index (κ1) is 17.3. The van der Waals surface area contributed by atoms with E-state index in [0.29, 0.717) is 23.0 Å². The second-order valence-electron chi connectivity index (χ2n) is 3.88. The summed E-state index contributed by atoms with van der Waals surface area (Å²) in [6.07, 6.45) is -4.39. The van der Waals surface area contributed by atoms with Crippen LogP contribution >= 0.6 is 0 Å². The molecule has 0 unspecified atom stereocenters. The quantitative estimate of drug-likeness (QED) is 0.760. The fourth-order valence-corrected chi connectivity index (χ4v) is 1.54. The van der Waals surface area contributed by atoms with Gasteiger partial charge in [-0.15, -0.1) is 0 Å². The third-order valence-corrected chi connectivity index (χ3v) is 2.52. The third kappa shape index (κ3) is 3.11. The van der Waals surface area contributed by atoms with E-state index in [4.69, 9.17) is 5.26 Å². The van der Waals surface area contributed by atoms with Gasteiger partial charge in [-0.2, -0.15) is 18.4 Å². The summed E-state index contributed by atoms with van der Waals surface area (Å²) in [5.74, 6) is -2.25. The van der Waals surface area contributed by atoms with Crippen LogP contribution in [0.4, 0.5) is 22.0 Å². The minimum atomic E-state index is -4.83. The number of benzene rings is 1. The Bertz CT molecular complexity index is 805. The molecule has 0 aliphatic carbocycles. The maximum absolute atomic E-state index is 13.7. The molecule has 0 saturated carbocycles. The molecule has 0 aliphatic rings. The summed E-state index contributed by atoms with van der Waals surface area (Å²) in [5.41, 5.74) is -3.92. The van der Waals surface area contributed by atoms with Crippen LogP contribution in [0, 0.1) is 23.0 Å². The van der Waals surface area contributed by atoms with E-state index < -0.39 is 40.3 Å². The summed E-state index contributed by atoms with van der Waals surface area (Å²) in [4.78, 5) is 14.6. The van der Waals surface area contributed by atoms with E-state index in [1.54, 1.807) is 0 Å². The molecule has 1 aromatic heterocycles. The monoisotopic (exact) mass is 317 g/mol. The van der Waals surface area contributed by atoms with Crippen LogP contribution in [-0.4, -0.2) is 9.55 Å². The molecule has 1 heterocycles. The Labute approximate surface area is 121 Å². The minimum Gasteiger partial charge on any atom is -0.269 e. The molecule has 0 amide bonds. The van der Waals surface area contributed by atoms with Crippen molar-refractivity contribution in [3.05, 3.63) is 57.8 Å². The summed E-state index contributed by atoms with van der Waals surface area (Å²) in [5, 5.41) is 8.52. The zero-order chi connectivity index (χ0) is 15.8. The van der Waals surface area contributed by atoms with Gasteiger partial charge in [0.25, 0.3) is 5.56 Å². The summed E-state index contributed by atoms with van der Waals surface area (Å²) in [6, 6.07) is 2.62. The van der Waals surface area contributed by atoms with Gasteiger partial charge in [0.1, 0.15) is 24.0 Å². The zero-order valence-corrected chi connectivity index (χ0v) is 9.95. The van der Waals surface area contributed by atoms with Gasteiger partial charge in [0.2, 0.25) is 0 Å². The fraction of sp³-hybridized carbons (Fsp3) is 0.154. The fourth-order valence-electron chi connectivity index (χ4n) is 1.54. The minimum absolute atomic E-state index is 0. The van der Waals surface area contributed by atoms with Crippen LogP contribution in [0.3, 0.4) is 0 Å². The van der Waals surface area contributed by atoms with Crippen molar-refractivity contribution in [2.75, 3.05) is 0 Å². The number of alkyl halides is 3. The number of nitrogens with zero attached hydrogens (tertiary/aromatic N) is 3. The van der Waals surface area contributed by atoms with Crippen molar-refractivity contribution in [1.82, 2.24) is 9.55 Å². The van der Waals surface area contributed by atoms with Gasteiger partial charge in [0, 0.05) is 12.1 Å². The molecule has 0 atom stereocenters. The van der Waals surface area contributed by atoms with E-state index in [1.165, 1.54) is 6.07 Å². The smallest absolute Gasteiger partial charge is 0.269 e. The molecule has 0 saturated heterocycles. The van der Waals surface area contributed by atoms with Crippen molar-refractivity contribution in [2.24, 2.45) is 0 Å². The number of aromatic nitrogens is 2. The SMILES string of the molecule is C.N#Cc1cc(F)c(-n2cnc(C(F)(F)F)cc2=O)cc1F. The summed E-state index contributed by atoms with van der Waals surface area (Å²) in [7, 11) is 0. The molecule has 0 bridgehead atoms. The van der Waals surface area contributed by atoms with E-state index in [9.17, 15) is 26.7 Å². The van der Waals surface area contributed by atoms with E-state index in [-0.39, 0.29) is 13.5 Å². The summed E-state index contributed by atoms with van der Waals surface area (Å²) < 4.78 is 64.6. The topological polar surface area (TPSA) is 58.7 Å².